The summed E-state index contributed by atoms with van der Waals surface area (Å²) in [5.41, 5.74) is 0.0630. The quantitative estimate of drug-likeness (QED) is 0.0540. The minimum atomic E-state index is -4.06. The van der Waals surface area contributed by atoms with Gasteiger partial charge in [0, 0.05) is 39.0 Å². The maximum atomic E-state index is 14.1. The van der Waals surface area contributed by atoms with Crippen LogP contribution in [0.4, 0.5) is 9.59 Å². The first-order valence-corrected chi connectivity index (χ1v) is 27.7. The Bertz CT molecular complexity index is 2280. The largest absolute Gasteiger partial charge is 0.497 e. The molecule has 0 aliphatic carbocycles. The highest BCUT2D eigenvalue weighted by molar-refractivity contribution is 7.89. The summed E-state index contributed by atoms with van der Waals surface area (Å²) in [6.45, 7) is 26.2. The van der Waals surface area contributed by atoms with E-state index in [0.29, 0.717) is 58.0 Å². The number of alkyl carbamates (subject to hydrolysis) is 2. The van der Waals surface area contributed by atoms with Gasteiger partial charge in [0.2, 0.25) is 10.0 Å². The molecule has 2 unspecified atom stereocenters. The molecule has 18 heteroatoms. The number of carbonyl (C=O) groups excluding carboxylic acids is 2. The lowest BCUT2D eigenvalue weighted by Gasteiger charge is -2.36. The number of nitrogens with one attached hydrogen (secondary N) is 3. The van der Waals surface area contributed by atoms with Crippen LogP contribution in [0.5, 0.6) is 5.75 Å². The molecule has 2 aliphatic rings. The molecule has 5 rings (SSSR count). The van der Waals surface area contributed by atoms with Crippen LogP contribution in [0.15, 0.2) is 89.8 Å². The van der Waals surface area contributed by atoms with Gasteiger partial charge in [-0.05, 0) is 127 Å². The third-order valence-corrected chi connectivity index (χ3v) is 14.7. The zero-order valence-electron chi connectivity index (χ0n) is 47.0. The molecule has 4 atom stereocenters. The monoisotopic (exact) mass is 1070 g/mol. The minimum Gasteiger partial charge on any atom is -0.497 e. The van der Waals surface area contributed by atoms with E-state index in [1.165, 1.54) is 23.5 Å². The number of methoxy groups -OCH3 is 1. The Kier molecular flexibility index (Phi) is 23.4. The molecule has 2 heterocycles. The first kappa shape index (κ1) is 63.2. The van der Waals surface area contributed by atoms with Crippen LogP contribution in [0.25, 0.3) is 0 Å². The molecule has 75 heavy (non-hydrogen) atoms. The molecule has 0 saturated carbocycles. The highest BCUT2D eigenvalue weighted by Crippen LogP contribution is 2.34. The van der Waals surface area contributed by atoms with Crippen LogP contribution >= 0.6 is 0 Å². The second-order valence-corrected chi connectivity index (χ2v) is 25.6. The highest BCUT2D eigenvalue weighted by Gasteiger charge is 2.39. The van der Waals surface area contributed by atoms with Crippen molar-refractivity contribution in [1.29, 1.82) is 0 Å². The topological polar surface area (TPSA) is 213 Å². The second-order valence-electron chi connectivity index (χ2n) is 23.6. The van der Waals surface area contributed by atoms with Crippen LogP contribution in [-0.4, -0.2) is 142 Å². The molecule has 2 aliphatic heterocycles. The number of nitrogens with zero attached hydrogens (tertiary/aromatic N) is 1. The Morgan fingerprint density at radius 2 is 1.05 bits per heavy atom. The summed E-state index contributed by atoms with van der Waals surface area (Å²) >= 11 is 0. The van der Waals surface area contributed by atoms with Crippen LogP contribution in [0.1, 0.15) is 120 Å². The van der Waals surface area contributed by atoms with E-state index in [-0.39, 0.29) is 29.8 Å². The Hall–Kier alpha value is -4.37. The Labute approximate surface area is 448 Å². The standard InChI is InChI=1S/C32H48N2O8S.C25H42N2O5/c1-30(2,3)42-29(36)33-27(21-24-11-9-8-10-12-24)28(35)22-34(43(37,38)26-15-13-25(39-7)14-16-26)23-31(4,5)17-18-32(6)40-19-20-41-32;1-23(2,3)32-22(29)27-20(16-19-10-8-7-9-11-19)21(28)17-26-18-24(4,5)12-13-25(6)30-14-15-31-25/h8-16,27-28,35H,17-23H2,1-7H3,(H,33,36);7-11,20-21,26,28H,12-18H2,1-6H3,(H,27,29)/t27-,28?;20-,21?/m00/s1. The third kappa shape index (κ3) is 23.0. The molecule has 422 valence electrons. The third-order valence-electron chi connectivity index (χ3n) is 12.9. The average Bonchev–Trinajstić information content (AvgIpc) is 3.97. The predicted molar refractivity (Wildman–Crippen MR) is 290 cm³/mol. The van der Waals surface area contributed by atoms with Gasteiger partial charge in [-0.1, -0.05) is 88.4 Å². The molecule has 5 N–H and O–H groups in total. The maximum absolute atomic E-state index is 14.1. The van der Waals surface area contributed by atoms with Crippen molar-refractivity contribution in [2.45, 2.75) is 174 Å². The normalized spacial score (nSPS) is 17.5. The van der Waals surface area contributed by atoms with Crippen molar-refractivity contribution in [3.63, 3.8) is 0 Å². The number of aliphatic hydroxyl groups excluding tert-OH is 2. The Balaban J connectivity index is 0.000000339. The molecule has 0 spiro atoms. The molecule has 0 radical (unpaired) electrons. The molecule has 3 aromatic carbocycles. The summed E-state index contributed by atoms with van der Waals surface area (Å²) in [7, 11) is -2.55. The van der Waals surface area contributed by atoms with Crippen molar-refractivity contribution in [1.82, 2.24) is 20.3 Å². The summed E-state index contributed by atoms with van der Waals surface area (Å²) in [5, 5.41) is 31.5. The van der Waals surface area contributed by atoms with Crippen molar-refractivity contribution in [2.75, 3.05) is 59.7 Å². The van der Waals surface area contributed by atoms with E-state index in [0.717, 1.165) is 30.5 Å². The van der Waals surface area contributed by atoms with E-state index in [1.54, 1.807) is 32.9 Å². The van der Waals surface area contributed by atoms with Gasteiger partial charge in [0.15, 0.2) is 11.6 Å². The van der Waals surface area contributed by atoms with Crippen molar-refractivity contribution in [3.05, 3.63) is 96.1 Å². The fourth-order valence-corrected chi connectivity index (χ4v) is 10.2. The fourth-order valence-electron chi connectivity index (χ4n) is 8.58. The highest BCUT2D eigenvalue weighted by atomic mass is 32.2. The molecule has 0 bridgehead atoms. The van der Waals surface area contributed by atoms with Gasteiger partial charge in [0.25, 0.3) is 0 Å². The molecule has 2 saturated heterocycles. The zero-order chi connectivity index (χ0) is 55.7. The van der Waals surface area contributed by atoms with Crippen LogP contribution in [-0.2, 0) is 51.3 Å². The molecule has 2 fully saturated rings. The number of hydrogen-bond acceptors (Lipinski definition) is 14. The SMILES string of the molecule is CC(C)(CCC1(C)OCCO1)CNCC(O)[C@H](Cc1ccccc1)NC(=O)OC(C)(C)C.COc1ccc(S(=O)(=O)N(CC(O)[C@H](Cc2ccccc2)NC(=O)OC(C)(C)C)CC(C)(C)CCC2(C)OCCO2)cc1. The molecule has 0 aromatic heterocycles. The zero-order valence-corrected chi connectivity index (χ0v) is 47.8. The van der Waals surface area contributed by atoms with E-state index in [1.807, 2.05) is 109 Å². The van der Waals surface area contributed by atoms with E-state index >= 15 is 0 Å². The maximum Gasteiger partial charge on any atom is 0.407 e. The minimum absolute atomic E-state index is 0.00552. The van der Waals surface area contributed by atoms with E-state index < -0.39 is 74.7 Å². The van der Waals surface area contributed by atoms with Gasteiger partial charge in [-0.15, -0.1) is 0 Å². The first-order chi connectivity index (χ1) is 34.9. The van der Waals surface area contributed by atoms with Crippen molar-refractivity contribution in [2.24, 2.45) is 10.8 Å². The molecular weight excluding hydrogens is 981 g/mol. The van der Waals surface area contributed by atoms with Gasteiger partial charge in [-0.25, -0.2) is 18.0 Å². The van der Waals surface area contributed by atoms with Gasteiger partial charge < -0.3 is 59.3 Å². The number of benzene rings is 3. The summed E-state index contributed by atoms with van der Waals surface area (Å²) in [6, 6.07) is 24.1. The van der Waals surface area contributed by atoms with Gasteiger partial charge >= 0.3 is 12.2 Å². The first-order valence-electron chi connectivity index (χ1n) is 26.2. The number of hydrogen-bond donors (Lipinski definition) is 5. The number of rotatable bonds is 25. The van der Waals surface area contributed by atoms with E-state index in [4.69, 9.17) is 33.2 Å². The van der Waals surface area contributed by atoms with Gasteiger partial charge in [-0.3, -0.25) is 0 Å². The van der Waals surface area contributed by atoms with E-state index in [9.17, 15) is 28.2 Å². The summed E-state index contributed by atoms with van der Waals surface area (Å²) < 4.78 is 68.5. The lowest BCUT2D eigenvalue weighted by molar-refractivity contribution is -0.151. The summed E-state index contributed by atoms with van der Waals surface area (Å²) in [5.74, 6) is -0.677. The number of amides is 2. The van der Waals surface area contributed by atoms with Crippen LogP contribution in [0.3, 0.4) is 0 Å². The lowest BCUT2D eigenvalue weighted by atomic mass is 9.86. The lowest BCUT2D eigenvalue weighted by Crippen LogP contribution is -2.52. The molecule has 3 aromatic rings. The van der Waals surface area contributed by atoms with E-state index in [2.05, 4.69) is 29.8 Å². The van der Waals surface area contributed by atoms with Crippen LogP contribution in [0, 0.1) is 10.8 Å². The van der Waals surface area contributed by atoms with Crippen LogP contribution in [0.2, 0.25) is 0 Å². The van der Waals surface area contributed by atoms with Crippen molar-refractivity contribution < 1.29 is 61.4 Å². The average molecular weight is 1070 g/mol. The molecular formula is C57H90N4O13S. The molecule has 2 amide bonds. The van der Waals surface area contributed by atoms with Gasteiger partial charge in [0.1, 0.15) is 17.0 Å². The van der Waals surface area contributed by atoms with Gasteiger partial charge in [0.05, 0.1) is 62.7 Å². The number of aliphatic hydroxyl groups is 2. The van der Waals surface area contributed by atoms with Gasteiger partial charge in [-0.2, -0.15) is 4.31 Å². The smallest absolute Gasteiger partial charge is 0.407 e. The summed E-state index contributed by atoms with van der Waals surface area (Å²) in [6.07, 6.45) is 0.483. The van der Waals surface area contributed by atoms with Crippen molar-refractivity contribution in [3.8, 4) is 5.75 Å². The molecule has 17 nitrogen and oxygen atoms in total. The Morgan fingerprint density at radius 3 is 1.47 bits per heavy atom. The van der Waals surface area contributed by atoms with Crippen LogP contribution < -0.4 is 20.7 Å². The summed E-state index contributed by atoms with van der Waals surface area (Å²) in [4.78, 5) is 25.2. The number of sulfonamides is 1. The fraction of sp³-hybridized carbons (Fsp3) is 0.649. The predicted octanol–water partition coefficient (Wildman–Crippen LogP) is 8.39. The number of carbonyl (C=O) groups is 2. The second kappa shape index (κ2) is 27.8. The Morgan fingerprint density at radius 1 is 0.640 bits per heavy atom. The van der Waals surface area contributed by atoms with Crippen molar-refractivity contribution >= 4 is 22.2 Å². The number of ether oxygens (including phenoxy) is 7.